The first-order valence-electron chi connectivity index (χ1n) is 6.75. The van der Waals surface area contributed by atoms with Crippen molar-refractivity contribution >= 4 is 23.4 Å². The molecule has 0 fully saturated rings. The monoisotopic (exact) mass is 313 g/mol. The third-order valence-corrected chi connectivity index (χ3v) is 2.74. The van der Waals surface area contributed by atoms with Gasteiger partial charge in [0.2, 0.25) is 17.5 Å². The number of carbonyl (C=O) groups is 1. The van der Waals surface area contributed by atoms with Gasteiger partial charge in [-0.3, -0.25) is 4.79 Å². The van der Waals surface area contributed by atoms with Crippen LogP contribution in [0.4, 0.5) is 17.5 Å². The molecule has 0 bridgehead atoms. The van der Waals surface area contributed by atoms with Crippen LogP contribution in [0, 0.1) is 4.91 Å². The number of benzene rings is 1. The Hall–Kier alpha value is -3.29. The van der Waals surface area contributed by atoms with E-state index in [0.29, 0.717) is 0 Å². The summed E-state index contributed by atoms with van der Waals surface area (Å²) in [5.74, 6) is -0.799. The Morgan fingerprint density at radius 3 is 2.74 bits per heavy atom. The van der Waals surface area contributed by atoms with Crippen molar-refractivity contribution in [3.05, 3.63) is 53.0 Å². The normalized spacial score (nSPS) is 10.5. The molecule has 0 saturated carbocycles. The van der Waals surface area contributed by atoms with Gasteiger partial charge in [0.1, 0.15) is 6.61 Å². The van der Waals surface area contributed by atoms with Gasteiger partial charge in [0, 0.05) is 0 Å². The molecule has 0 aliphatic carbocycles. The largest absolute Gasteiger partial charge is 0.471 e. The van der Waals surface area contributed by atoms with Gasteiger partial charge in [-0.2, -0.15) is 9.97 Å². The van der Waals surface area contributed by atoms with Gasteiger partial charge in [-0.05, 0) is 23.7 Å². The number of hydrogen-bond donors (Lipinski definition) is 2. The zero-order valence-corrected chi connectivity index (χ0v) is 12.4. The Balaban J connectivity index is 2.26. The van der Waals surface area contributed by atoms with E-state index >= 15 is 0 Å². The van der Waals surface area contributed by atoms with E-state index in [0.717, 1.165) is 5.56 Å². The maximum Gasteiger partial charge on any atom is 0.251 e. The Bertz CT molecular complexity index is 731. The number of rotatable bonds is 6. The van der Waals surface area contributed by atoms with Gasteiger partial charge in [0.25, 0.3) is 5.88 Å². The lowest BCUT2D eigenvalue weighted by molar-refractivity contribution is -0.111. The molecule has 23 heavy (non-hydrogen) atoms. The molecule has 1 aromatic carbocycles. The van der Waals surface area contributed by atoms with E-state index < -0.39 is 5.91 Å². The highest BCUT2D eigenvalue weighted by Crippen LogP contribution is 2.33. The van der Waals surface area contributed by atoms with Crippen molar-refractivity contribution in [3.63, 3.8) is 0 Å². The minimum atomic E-state index is -0.468. The number of ether oxygens (including phenoxy) is 1. The van der Waals surface area contributed by atoms with Crippen LogP contribution in [0.2, 0.25) is 0 Å². The molecule has 0 unspecified atom stereocenters. The topological polar surface area (TPSA) is 120 Å². The maximum atomic E-state index is 11.6. The summed E-state index contributed by atoms with van der Waals surface area (Å²) in [7, 11) is 0. The lowest BCUT2D eigenvalue weighted by atomic mass is 10.2. The van der Waals surface area contributed by atoms with Gasteiger partial charge in [-0.25, -0.2) is 0 Å². The molecule has 1 amide bonds. The molecule has 8 nitrogen and oxygen atoms in total. The van der Waals surface area contributed by atoms with Gasteiger partial charge in [0.05, 0.1) is 0 Å². The van der Waals surface area contributed by atoms with Crippen molar-refractivity contribution in [1.82, 2.24) is 9.97 Å². The number of aromatic nitrogens is 2. The number of hydrogen-bond acceptors (Lipinski definition) is 7. The summed E-state index contributed by atoms with van der Waals surface area (Å²) in [5, 5.41) is 5.25. The zero-order chi connectivity index (χ0) is 16.7. The summed E-state index contributed by atoms with van der Waals surface area (Å²) in [4.78, 5) is 30.4. The van der Waals surface area contributed by atoms with Crippen LogP contribution in [0.15, 0.2) is 47.7 Å². The van der Waals surface area contributed by atoms with Crippen LogP contribution in [0.3, 0.4) is 0 Å². The predicted molar refractivity (Wildman–Crippen MR) is 86.1 cm³/mol. The van der Waals surface area contributed by atoms with E-state index in [1.165, 1.54) is 6.08 Å². The predicted octanol–water partition coefficient (Wildman–Crippen LogP) is 2.55. The van der Waals surface area contributed by atoms with Crippen LogP contribution in [-0.4, -0.2) is 15.9 Å². The summed E-state index contributed by atoms with van der Waals surface area (Å²) >= 11 is 0. The van der Waals surface area contributed by atoms with Gasteiger partial charge >= 0.3 is 0 Å². The standard InChI is InChI=1S/C15H15N5O3/c1-2-6-11(21)17-13-12(20-22)14(19-15(16)18-13)23-9-10-7-4-3-5-8-10/h2-8H,9H2,1H3,(H3,16,17,18,19,21)/b6-2+. The number of nitroso groups, excluding NO2 is 1. The molecular formula is C15H15N5O3. The van der Waals surface area contributed by atoms with E-state index in [2.05, 4.69) is 20.5 Å². The van der Waals surface area contributed by atoms with Crippen molar-refractivity contribution in [3.8, 4) is 5.88 Å². The maximum absolute atomic E-state index is 11.6. The fraction of sp³-hybridized carbons (Fsp3) is 0.133. The average Bonchev–Trinajstić information content (AvgIpc) is 2.54. The summed E-state index contributed by atoms with van der Waals surface area (Å²) in [6.07, 6.45) is 2.82. The van der Waals surface area contributed by atoms with E-state index in [9.17, 15) is 9.70 Å². The van der Waals surface area contributed by atoms with E-state index in [1.54, 1.807) is 13.0 Å². The van der Waals surface area contributed by atoms with Crippen LogP contribution in [0.25, 0.3) is 0 Å². The summed E-state index contributed by atoms with van der Waals surface area (Å²) in [5.41, 5.74) is 6.25. The summed E-state index contributed by atoms with van der Waals surface area (Å²) < 4.78 is 5.48. The third kappa shape index (κ3) is 4.34. The molecule has 2 aromatic rings. The van der Waals surface area contributed by atoms with Crippen LogP contribution in [0.5, 0.6) is 5.88 Å². The number of anilines is 2. The van der Waals surface area contributed by atoms with Crippen LogP contribution in [-0.2, 0) is 11.4 Å². The molecule has 0 aliphatic rings. The van der Waals surface area contributed by atoms with Crippen molar-refractivity contribution in [1.29, 1.82) is 0 Å². The quantitative estimate of drug-likeness (QED) is 0.624. The molecule has 0 atom stereocenters. The highest BCUT2D eigenvalue weighted by atomic mass is 16.5. The second-order valence-corrected chi connectivity index (χ2v) is 4.44. The van der Waals surface area contributed by atoms with Gasteiger partial charge in [0.15, 0.2) is 5.82 Å². The zero-order valence-electron chi connectivity index (χ0n) is 12.4. The molecule has 1 aromatic heterocycles. The molecule has 0 aliphatic heterocycles. The number of carbonyl (C=O) groups excluding carboxylic acids is 1. The van der Waals surface area contributed by atoms with Gasteiger partial charge in [-0.15, -0.1) is 4.91 Å². The fourth-order valence-corrected chi connectivity index (χ4v) is 1.76. The highest BCUT2D eigenvalue weighted by molar-refractivity contribution is 6.00. The number of nitrogens with zero attached hydrogens (tertiary/aromatic N) is 3. The minimum Gasteiger partial charge on any atom is -0.471 e. The number of nitrogen functional groups attached to an aromatic ring is 1. The summed E-state index contributed by atoms with van der Waals surface area (Å²) in [6.45, 7) is 1.85. The fourth-order valence-electron chi connectivity index (χ4n) is 1.76. The lowest BCUT2D eigenvalue weighted by Crippen LogP contribution is -2.12. The van der Waals surface area contributed by atoms with Crippen molar-refractivity contribution < 1.29 is 9.53 Å². The van der Waals surface area contributed by atoms with Crippen molar-refractivity contribution in [2.75, 3.05) is 11.1 Å². The highest BCUT2D eigenvalue weighted by Gasteiger charge is 2.17. The first-order valence-corrected chi connectivity index (χ1v) is 6.75. The van der Waals surface area contributed by atoms with E-state index in [1.807, 2.05) is 30.3 Å². The Morgan fingerprint density at radius 1 is 1.35 bits per heavy atom. The molecule has 8 heteroatoms. The Kier molecular flexibility index (Phi) is 5.35. The molecule has 0 radical (unpaired) electrons. The Morgan fingerprint density at radius 2 is 2.09 bits per heavy atom. The van der Waals surface area contributed by atoms with E-state index in [4.69, 9.17) is 10.5 Å². The first-order chi connectivity index (χ1) is 11.1. The second-order valence-electron chi connectivity index (χ2n) is 4.44. The third-order valence-electron chi connectivity index (χ3n) is 2.74. The SMILES string of the molecule is C/C=C/C(=O)Nc1nc(N)nc(OCc2ccccc2)c1N=O. The molecule has 0 spiro atoms. The van der Waals surface area contributed by atoms with Crippen molar-refractivity contribution in [2.24, 2.45) is 5.18 Å². The molecule has 2 rings (SSSR count). The molecule has 3 N–H and O–H groups in total. The van der Waals surface area contributed by atoms with Crippen LogP contribution < -0.4 is 15.8 Å². The van der Waals surface area contributed by atoms with Crippen molar-refractivity contribution in [2.45, 2.75) is 13.5 Å². The molecular weight excluding hydrogens is 298 g/mol. The molecule has 0 saturated heterocycles. The van der Waals surface area contributed by atoms with E-state index in [-0.39, 0.29) is 29.9 Å². The van der Waals surface area contributed by atoms with Crippen LogP contribution >= 0.6 is 0 Å². The first kappa shape index (κ1) is 16.1. The molecule has 1 heterocycles. The number of nitrogens with two attached hydrogens (primary N) is 1. The van der Waals surface area contributed by atoms with Crippen LogP contribution in [0.1, 0.15) is 12.5 Å². The smallest absolute Gasteiger partial charge is 0.251 e. The average molecular weight is 313 g/mol. The summed E-state index contributed by atoms with van der Waals surface area (Å²) in [6, 6.07) is 9.29. The van der Waals surface area contributed by atoms with Gasteiger partial charge in [-0.1, -0.05) is 36.4 Å². The number of nitrogens with one attached hydrogen (secondary N) is 1. The lowest BCUT2D eigenvalue weighted by Gasteiger charge is -2.10. The number of allylic oxidation sites excluding steroid dienone is 1. The number of amides is 1. The van der Waals surface area contributed by atoms with Gasteiger partial charge < -0.3 is 15.8 Å². The second kappa shape index (κ2) is 7.64. The Labute approximate surface area is 132 Å². The molecule has 118 valence electrons. The minimum absolute atomic E-state index is 0.0906.